The number of aromatic nitrogens is 2. The maximum absolute atomic E-state index is 5.58. The Morgan fingerprint density at radius 1 is 1.26 bits per heavy atom. The predicted octanol–water partition coefficient (Wildman–Crippen LogP) is 2.90. The second-order valence-electron chi connectivity index (χ2n) is 5.02. The lowest BCUT2D eigenvalue weighted by atomic mass is 10.1. The molecule has 19 heavy (non-hydrogen) atoms. The maximum atomic E-state index is 5.58. The van der Waals surface area contributed by atoms with Gasteiger partial charge in [0.15, 0.2) is 0 Å². The summed E-state index contributed by atoms with van der Waals surface area (Å²) in [6, 6.07) is 8.07. The number of para-hydroxylation sites is 1. The van der Waals surface area contributed by atoms with Gasteiger partial charge in [0, 0.05) is 23.4 Å². The highest BCUT2D eigenvalue weighted by Crippen LogP contribution is 2.30. The largest absolute Gasteiger partial charge is 0.464 e. The van der Waals surface area contributed by atoms with Crippen LogP contribution in [0.2, 0.25) is 0 Å². The van der Waals surface area contributed by atoms with Gasteiger partial charge in [-0.2, -0.15) is 0 Å². The minimum Gasteiger partial charge on any atom is -0.464 e. The number of rotatable bonds is 2. The molecule has 1 aromatic carbocycles. The van der Waals surface area contributed by atoms with Gasteiger partial charge in [0.1, 0.15) is 17.7 Å². The van der Waals surface area contributed by atoms with E-state index < -0.39 is 0 Å². The molecule has 0 amide bonds. The van der Waals surface area contributed by atoms with Crippen molar-refractivity contribution in [1.82, 2.24) is 15.3 Å². The molecule has 4 heteroatoms. The average molecular weight is 253 g/mol. The van der Waals surface area contributed by atoms with Gasteiger partial charge in [-0.1, -0.05) is 18.2 Å². The summed E-state index contributed by atoms with van der Waals surface area (Å²) in [5, 5.41) is 4.49. The normalized spacial score (nSPS) is 19.3. The number of fused-ring (bicyclic) bond motifs is 1. The molecule has 1 fully saturated rings. The lowest BCUT2D eigenvalue weighted by molar-refractivity contribution is 0.617. The molecule has 1 saturated heterocycles. The summed E-state index contributed by atoms with van der Waals surface area (Å²) in [6.45, 7) is 2.09. The molecule has 3 heterocycles. The Balaban J connectivity index is 1.76. The summed E-state index contributed by atoms with van der Waals surface area (Å²) >= 11 is 0. The summed E-state index contributed by atoms with van der Waals surface area (Å²) in [6.07, 6.45) is 4.86. The molecular weight excluding hydrogens is 238 g/mol. The van der Waals surface area contributed by atoms with E-state index in [-0.39, 0.29) is 0 Å². The highest BCUT2D eigenvalue weighted by molar-refractivity contribution is 5.92. The van der Waals surface area contributed by atoms with E-state index in [0.29, 0.717) is 5.92 Å². The zero-order valence-corrected chi connectivity index (χ0v) is 10.5. The summed E-state index contributed by atoms with van der Waals surface area (Å²) in [5.41, 5.74) is 3.03. The number of furan rings is 1. The van der Waals surface area contributed by atoms with Crippen LogP contribution in [-0.2, 0) is 0 Å². The van der Waals surface area contributed by atoms with Gasteiger partial charge in [-0.15, -0.1) is 0 Å². The van der Waals surface area contributed by atoms with Gasteiger partial charge in [-0.3, -0.25) is 0 Å². The number of H-pyrrole nitrogens is 1. The van der Waals surface area contributed by atoms with Crippen LogP contribution >= 0.6 is 0 Å². The topological polar surface area (TPSA) is 53.9 Å². The molecule has 1 aliphatic heterocycles. The van der Waals surface area contributed by atoms with E-state index in [4.69, 9.17) is 4.42 Å². The van der Waals surface area contributed by atoms with Gasteiger partial charge in [0.25, 0.3) is 0 Å². The van der Waals surface area contributed by atoms with Crippen LogP contribution in [0, 0.1) is 0 Å². The van der Waals surface area contributed by atoms with E-state index in [1.807, 2.05) is 24.4 Å². The smallest absolute Gasteiger partial charge is 0.134 e. The molecule has 1 aliphatic rings. The Labute approximate surface area is 110 Å². The Bertz CT molecular complexity index is 707. The zero-order valence-electron chi connectivity index (χ0n) is 10.5. The van der Waals surface area contributed by atoms with Crippen molar-refractivity contribution < 1.29 is 4.42 Å². The summed E-state index contributed by atoms with van der Waals surface area (Å²) < 4.78 is 5.58. The molecular formula is C15H15N3O. The Kier molecular flexibility index (Phi) is 2.42. The molecule has 0 saturated carbocycles. The minimum absolute atomic E-state index is 0.506. The standard InChI is InChI=1S/C15H15N3O/c1-2-4-14-11(3-1)12(9-19-14)13-8-17-15(18-13)10-5-6-16-7-10/h1-4,8-10,16H,5-7H2,(H,17,18). The molecule has 2 aromatic heterocycles. The van der Waals surface area contributed by atoms with Crippen LogP contribution in [0.5, 0.6) is 0 Å². The third-order valence-electron chi connectivity index (χ3n) is 3.81. The van der Waals surface area contributed by atoms with E-state index in [9.17, 15) is 0 Å². The molecule has 2 N–H and O–H groups in total. The Hall–Kier alpha value is -2.07. The number of aromatic amines is 1. The first-order valence-corrected chi connectivity index (χ1v) is 6.64. The summed E-state index contributed by atoms with van der Waals surface area (Å²) in [5.74, 6) is 1.58. The van der Waals surface area contributed by atoms with Gasteiger partial charge in [-0.25, -0.2) is 4.98 Å². The van der Waals surface area contributed by atoms with E-state index in [2.05, 4.69) is 21.4 Å². The number of nitrogens with zero attached hydrogens (tertiary/aromatic N) is 1. The van der Waals surface area contributed by atoms with E-state index in [0.717, 1.165) is 47.6 Å². The van der Waals surface area contributed by atoms with E-state index in [1.165, 1.54) is 0 Å². The van der Waals surface area contributed by atoms with Crippen LogP contribution < -0.4 is 5.32 Å². The lowest BCUT2D eigenvalue weighted by Gasteiger charge is -2.02. The SMILES string of the molecule is c1ccc2c(-c3cnc(C4CCNC4)[nH]3)coc2c1. The first-order valence-electron chi connectivity index (χ1n) is 6.64. The third-order valence-corrected chi connectivity index (χ3v) is 3.81. The maximum Gasteiger partial charge on any atom is 0.134 e. The number of imidazole rings is 1. The molecule has 96 valence electrons. The Morgan fingerprint density at radius 2 is 2.21 bits per heavy atom. The highest BCUT2D eigenvalue weighted by Gasteiger charge is 2.20. The van der Waals surface area contributed by atoms with Gasteiger partial charge in [0.05, 0.1) is 11.9 Å². The van der Waals surface area contributed by atoms with Crippen LogP contribution in [0.4, 0.5) is 0 Å². The third kappa shape index (κ3) is 1.76. The second kappa shape index (κ2) is 4.24. The van der Waals surface area contributed by atoms with Crippen molar-refractivity contribution in [1.29, 1.82) is 0 Å². The molecule has 0 aliphatic carbocycles. The van der Waals surface area contributed by atoms with Crippen LogP contribution in [0.1, 0.15) is 18.2 Å². The van der Waals surface area contributed by atoms with Crippen molar-refractivity contribution in [2.45, 2.75) is 12.3 Å². The molecule has 0 spiro atoms. The molecule has 1 unspecified atom stereocenters. The van der Waals surface area contributed by atoms with Crippen LogP contribution in [0.3, 0.4) is 0 Å². The first kappa shape index (κ1) is 10.8. The zero-order chi connectivity index (χ0) is 12.7. The van der Waals surface area contributed by atoms with Gasteiger partial charge >= 0.3 is 0 Å². The highest BCUT2D eigenvalue weighted by atomic mass is 16.3. The van der Waals surface area contributed by atoms with Crippen molar-refractivity contribution >= 4 is 11.0 Å². The van der Waals surface area contributed by atoms with Crippen molar-refractivity contribution in [3.63, 3.8) is 0 Å². The fraction of sp³-hybridized carbons (Fsp3) is 0.267. The van der Waals surface area contributed by atoms with Crippen molar-refractivity contribution in [3.8, 4) is 11.3 Å². The fourth-order valence-corrected chi connectivity index (χ4v) is 2.76. The van der Waals surface area contributed by atoms with Crippen LogP contribution in [0.25, 0.3) is 22.2 Å². The average Bonchev–Trinajstić information content (AvgIpc) is 3.18. The molecule has 0 bridgehead atoms. The van der Waals surface area contributed by atoms with Crippen molar-refractivity contribution in [2.75, 3.05) is 13.1 Å². The molecule has 0 radical (unpaired) electrons. The lowest BCUT2D eigenvalue weighted by Crippen LogP contribution is -2.08. The summed E-state index contributed by atoms with van der Waals surface area (Å²) in [7, 11) is 0. The fourth-order valence-electron chi connectivity index (χ4n) is 2.76. The van der Waals surface area contributed by atoms with Crippen molar-refractivity contribution in [2.24, 2.45) is 0 Å². The van der Waals surface area contributed by atoms with Gasteiger partial charge in [-0.05, 0) is 19.0 Å². The second-order valence-corrected chi connectivity index (χ2v) is 5.02. The van der Waals surface area contributed by atoms with Gasteiger partial charge < -0.3 is 14.7 Å². The monoisotopic (exact) mass is 253 g/mol. The predicted molar refractivity (Wildman–Crippen MR) is 74.0 cm³/mol. The van der Waals surface area contributed by atoms with Crippen LogP contribution in [0.15, 0.2) is 41.1 Å². The molecule has 3 aromatic rings. The quantitative estimate of drug-likeness (QED) is 0.738. The first-order chi connectivity index (χ1) is 9.42. The van der Waals surface area contributed by atoms with Crippen LogP contribution in [-0.4, -0.2) is 23.1 Å². The number of hydrogen-bond donors (Lipinski definition) is 2. The molecule has 4 rings (SSSR count). The minimum atomic E-state index is 0.506. The Morgan fingerprint density at radius 3 is 3.11 bits per heavy atom. The molecule has 4 nitrogen and oxygen atoms in total. The van der Waals surface area contributed by atoms with E-state index in [1.54, 1.807) is 6.26 Å². The number of hydrogen-bond acceptors (Lipinski definition) is 3. The number of nitrogens with one attached hydrogen (secondary N) is 2. The van der Waals surface area contributed by atoms with Crippen molar-refractivity contribution in [3.05, 3.63) is 42.5 Å². The number of benzene rings is 1. The van der Waals surface area contributed by atoms with Gasteiger partial charge in [0.2, 0.25) is 0 Å². The summed E-state index contributed by atoms with van der Waals surface area (Å²) in [4.78, 5) is 7.96. The van der Waals surface area contributed by atoms with E-state index >= 15 is 0 Å². The molecule has 1 atom stereocenters.